The first-order chi connectivity index (χ1) is 8.13. The van der Waals surface area contributed by atoms with Gasteiger partial charge in [0.25, 0.3) is 5.89 Å². The van der Waals surface area contributed by atoms with Crippen LogP contribution in [0.5, 0.6) is 0 Å². The Labute approximate surface area is 109 Å². The van der Waals surface area contributed by atoms with Crippen LogP contribution in [-0.4, -0.2) is 17.2 Å². The zero-order chi connectivity index (χ0) is 12.4. The molecule has 90 valence electrons. The number of nitrogens with zero attached hydrogens (tertiary/aromatic N) is 2. The van der Waals surface area contributed by atoms with E-state index in [1.54, 1.807) is 18.2 Å². The van der Waals surface area contributed by atoms with Gasteiger partial charge < -0.3 is 9.73 Å². The van der Waals surface area contributed by atoms with E-state index in [0.29, 0.717) is 27.4 Å². The molecule has 1 unspecified atom stereocenters. The first-order valence-corrected chi connectivity index (χ1v) is 5.84. The Balaban J connectivity index is 2.44. The number of aromatic nitrogens is 2. The molecule has 0 bridgehead atoms. The van der Waals surface area contributed by atoms with Gasteiger partial charge in [-0.1, -0.05) is 29.3 Å². The summed E-state index contributed by atoms with van der Waals surface area (Å²) in [5.74, 6) is 0.830. The van der Waals surface area contributed by atoms with Crippen molar-refractivity contribution in [3.63, 3.8) is 0 Å². The molecule has 0 radical (unpaired) electrons. The highest BCUT2D eigenvalue weighted by atomic mass is 35.5. The molecule has 1 N–H and O–H groups in total. The third-order valence-corrected chi connectivity index (χ3v) is 3.05. The van der Waals surface area contributed by atoms with E-state index in [-0.39, 0.29) is 6.04 Å². The fourth-order valence-corrected chi connectivity index (χ4v) is 1.90. The Morgan fingerprint density at radius 3 is 2.47 bits per heavy atom. The lowest BCUT2D eigenvalue weighted by Crippen LogP contribution is -2.12. The third-order valence-electron chi connectivity index (χ3n) is 2.42. The molecule has 2 rings (SSSR count). The van der Waals surface area contributed by atoms with Crippen molar-refractivity contribution in [3.8, 4) is 11.5 Å². The van der Waals surface area contributed by atoms with Crippen LogP contribution in [0.25, 0.3) is 11.5 Å². The largest absolute Gasteiger partial charge is 0.419 e. The van der Waals surface area contributed by atoms with Crippen molar-refractivity contribution in [1.82, 2.24) is 15.5 Å². The normalized spacial score (nSPS) is 12.7. The minimum absolute atomic E-state index is 0.0162. The SMILES string of the molecule is CNC(C)c1nnc(-c2c(Cl)cccc2Cl)o1. The number of rotatable bonds is 3. The summed E-state index contributed by atoms with van der Waals surface area (Å²) in [6.45, 7) is 1.92. The molecule has 4 nitrogen and oxygen atoms in total. The Kier molecular flexibility index (Phi) is 3.66. The van der Waals surface area contributed by atoms with Crippen LogP contribution in [-0.2, 0) is 0 Å². The number of halogens is 2. The lowest BCUT2D eigenvalue weighted by molar-refractivity contribution is 0.441. The number of hydrogen-bond acceptors (Lipinski definition) is 4. The van der Waals surface area contributed by atoms with Crippen molar-refractivity contribution < 1.29 is 4.42 Å². The summed E-state index contributed by atoms with van der Waals surface area (Å²) in [7, 11) is 1.82. The lowest BCUT2D eigenvalue weighted by Gasteiger charge is -2.03. The highest BCUT2D eigenvalue weighted by Crippen LogP contribution is 2.33. The second kappa shape index (κ2) is 5.04. The summed E-state index contributed by atoms with van der Waals surface area (Å²) in [5, 5.41) is 11.9. The van der Waals surface area contributed by atoms with Gasteiger partial charge in [-0.25, -0.2) is 0 Å². The van der Waals surface area contributed by atoms with Gasteiger partial charge in [-0.15, -0.1) is 10.2 Å². The lowest BCUT2D eigenvalue weighted by atomic mass is 10.2. The molecular formula is C11H11Cl2N3O. The number of nitrogens with one attached hydrogen (secondary N) is 1. The van der Waals surface area contributed by atoms with Gasteiger partial charge in [-0.05, 0) is 26.1 Å². The minimum Gasteiger partial charge on any atom is -0.419 e. The maximum Gasteiger partial charge on any atom is 0.250 e. The molecule has 1 atom stereocenters. The predicted octanol–water partition coefficient (Wildman–Crippen LogP) is 3.32. The molecule has 0 saturated carbocycles. The first-order valence-electron chi connectivity index (χ1n) is 5.08. The van der Waals surface area contributed by atoms with Gasteiger partial charge in [0.1, 0.15) is 0 Å². The molecule has 0 fully saturated rings. The smallest absolute Gasteiger partial charge is 0.250 e. The second-order valence-electron chi connectivity index (χ2n) is 3.55. The van der Waals surface area contributed by atoms with E-state index in [1.807, 2.05) is 14.0 Å². The Hall–Kier alpha value is -1.10. The molecule has 0 aliphatic carbocycles. The van der Waals surface area contributed by atoms with E-state index in [9.17, 15) is 0 Å². The Morgan fingerprint density at radius 1 is 1.24 bits per heavy atom. The molecule has 0 saturated heterocycles. The minimum atomic E-state index is -0.0162. The summed E-state index contributed by atoms with van der Waals surface area (Å²) in [5.41, 5.74) is 0.567. The molecule has 0 amide bonds. The first kappa shape index (κ1) is 12.4. The van der Waals surface area contributed by atoms with Gasteiger partial charge in [0.15, 0.2) is 0 Å². The summed E-state index contributed by atoms with van der Waals surface area (Å²) in [6, 6.07) is 5.21. The highest BCUT2D eigenvalue weighted by Gasteiger charge is 2.17. The molecule has 0 aliphatic heterocycles. The van der Waals surface area contributed by atoms with Gasteiger partial charge in [0.2, 0.25) is 5.89 Å². The van der Waals surface area contributed by atoms with Crippen LogP contribution in [0, 0.1) is 0 Å². The third kappa shape index (κ3) is 2.44. The molecule has 6 heteroatoms. The fraction of sp³-hybridized carbons (Fsp3) is 0.273. The average Bonchev–Trinajstić information content (AvgIpc) is 2.77. The summed E-state index contributed by atoms with van der Waals surface area (Å²) >= 11 is 12.1. The fourth-order valence-electron chi connectivity index (χ4n) is 1.34. The van der Waals surface area contributed by atoms with E-state index in [1.165, 1.54) is 0 Å². The summed E-state index contributed by atoms with van der Waals surface area (Å²) < 4.78 is 5.53. The molecule has 1 heterocycles. The molecule has 0 spiro atoms. The van der Waals surface area contributed by atoms with Crippen LogP contribution in [0.3, 0.4) is 0 Å². The van der Waals surface area contributed by atoms with E-state index >= 15 is 0 Å². The Morgan fingerprint density at radius 2 is 1.88 bits per heavy atom. The van der Waals surface area contributed by atoms with Crippen molar-refractivity contribution in [2.45, 2.75) is 13.0 Å². The van der Waals surface area contributed by atoms with Crippen molar-refractivity contribution in [3.05, 3.63) is 34.1 Å². The Bertz CT molecular complexity index is 507. The van der Waals surface area contributed by atoms with Crippen LogP contribution >= 0.6 is 23.2 Å². The van der Waals surface area contributed by atoms with Crippen LogP contribution in [0.4, 0.5) is 0 Å². The number of hydrogen-bond donors (Lipinski definition) is 1. The average molecular weight is 272 g/mol. The molecule has 17 heavy (non-hydrogen) atoms. The summed E-state index contributed by atoms with van der Waals surface area (Å²) in [6.07, 6.45) is 0. The van der Waals surface area contributed by atoms with Gasteiger partial charge >= 0.3 is 0 Å². The van der Waals surface area contributed by atoms with Crippen molar-refractivity contribution in [2.24, 2.45) is 0 Å². The van der Waals surface area contributed by atoms with E-state index in [4.69, 9.17) is 27.6 Å². The maximum atomic E-state index is 6.06. The van der Waals surface area contributed by atoms with Crippen LogP contribution in [0.1, 0.15) is 18.9 Å². The van der Waals surface area contributed by atoms with Gasteiger partial charge in [0.05, 0.1) is 21.7 Å². The van der Waals surface area contributed by atoms with E-state index in [2.05, 4.69) is 15.5 Å². The predicted molar refractivity (Wildman–Crippen MR) is 67.2 cm³/mol. The van der Waals surface area contributed by atoms with Gasteiger partial charge in [-0.2, -0.15) is 0 Å². The molecular weight excluding hydrogens is 261 g/mol. The maximum absolute atomic E-state index is 6.06. The molecule has 1 aromatic carbocycles. The number of benzene rings is 1. The highest BCUT2D eigenvalue weighted by molar-refractivity contribution is 6.38. The topological polar surface area (TPSA) is 51.0 Å². The van der Waals surface area contributed by atoms with Crippen LogP contribution < -0.4 is 5.32 Å². The van der Waals surface area contributed by atoms with E-state index < -0.39 is 0 Å². The second-order valence-corrected chi connectivity index (χ2v) is 4.37. The van der Waals surface area contributed by atoms with E-state index in [0.717, 1.165) is 0 Å². The quantitative estimate of drug-likeness (QED) is 0.931. The molecule has 2 aromatic rings. The van der Waals surface area contributed by atoms with Crippen molar-refractivity contribution >= 4 is 23.2 Å². The molecule has 1 aromatic heterocycles. The van der Waals surface area contributed by atoms with Crippen LogP contribution in [0.2, 0.25) is 10.0 Å². The van der Waals surface area contributed by atoms with Crippen molar-refractivity contribution in [1.29, 1.82) is 0 Å². The van der Waals surface area contributed by atoms with Crippen LogP contribution in [0.15, 0.2) is 22.6 Å². The zero-order valence-corrected chi connectivity index (χ0v) is 10.9. The van der Waals surface area contributed by atoms with Crippen molar-refractivity contribution in [2.75, 3.05) is 7.05 Å². The summed E-state index contributed by atoms with van der Waals surface area (Å²) in [4.78, 5) is 0. The van der Waals surface area contributed by atoms with Gasteiger partial charge in [0, 0.05) is 0 Å². The monoisotopic (exact) mass is 271 g/mol. The van der Waals surface area contributed by atoms with Gasteiger partial charge in [-0.3, -0.25) is 0 Å². The zero-order valence-electron chi connectivity index (χ0n) is 9.37. The standard InChI is InChI=1S/C11H11Cl2N3O/c1-6(14-2)10-15-16-11(17-10)9-7(12)4-3-5-8(9)13/h3-6,14H,1-2H3. The molecule has 0 aliphatic rings.